The van der Waals surface area contributed by atoms with Crippen LogP contribution < -0.4 is 10.6 Å². The SMILES string of the molecule is CC(C)(C)NC(=O)c1cc(NCCc2ccc(F)cc2)nc(-c2ccccc2)n1. The van der Waals surface area contributed by atoms with Crippen molar-refractivity contribution in [2.24, 2.45) is 0 Å². The maximum atomic E-state index is 13.0. The molecule has 0 aliphatic heterocycles. The Balaban J connectivity index is 1.81. The molecule has 0 radical (unpaired) electrons. The number of nitrogens with one attached hydrogen (secondary N) is 2. The second-order valence-corrected chi connectivity index (χ2v) is 7.84. The first-order chi connectivity index (χ1) is 13.8. The topological polar surface area (TPSA) is 66.9 Å². The lowest BCUT2D eigenvalue weighted by atomic mass is 10.1. The molecule has 0 fully saturated rings. The van der Waals surface area contributed by atoms with E-state index >= 15 is 0 Å². The Morgan fingerprint density at radius 2 is 1.69 bits per heavy atom. The number of carbonyl (C=O) groups is 1. The molecule has 0 atom stereocenters. The van der Waals surface area contributed by atoms with Crippen LogP contribution in [0.2, 0.25) is 0 Å². The Morgan fingerprint density at radius 3 is 2.34 bits per heavy atom. The van der Waals surface area contributed by atoms with E-state index in [1.54, 1.807) is 18.2 Å². The fourth-order valence-electron chi connectivity index (χ4n) is 2.76. The number of carbonyl (C=O) groups excluding carboxylic acids is 1. The normalized spacial score (nSPS) is 11.2. The highest BCUT2D eigenvalue weighted by Gasteiger charge is 2.18. The average molecular weight is 392 g/mol. The van der Waals surface area contributed by atoms with E-state index in [2.05, 4.69) is 20.6 Å². The summed E-state index contributed by atoms with van der Waals surface area (Å²) in [6.07, 6.45) is 0.703. The van der Waals surface area contributed by atoms with E-state index in [0.717, 1.165) is 11.1 Å². The van der Waals surface area contributed by atoms with Crippen LogP contribution in [0.4, 0.5) is 10.2 Å². The van der Waals surface area contributed by atoms with Crippen LogP contribution in [0.3, 0.4) is 0 Å². The van der Waals surface area contributed by atoms with Crippen LogP contribution in [0.25, 0.3) is 11.4 Å². The van der Waals surface area contributed by atoms with E-state index in [1.807, 2.05) is 51.1 Å². The molecule has 3 rings (SSSR count). The second-order valence-electron chi connectivity index (χ2n) is 7.84. The van der Waals surface area contributed by atoms with Crippen molar-refractivity contribution in [1.82, 2.24) is 15.3 Å². The summed E-state index contributed by atoms with van der Waals surface area (Å²) in [4.78, 5) is 21.7. The summed E-state index contributed by atoms with van der Waals surface area (Å²) in [5.74, 6) is 0.551. The van der Waals surface area contributed by atoms with Crippen molar-refractivity contribution < 1.29 is 9.18 Å². The summed E-state index contributed by atoms with van der Waals surface area (Å²) in [5, 5.41) is 6.19. The summed E-state index contributed by atoms with van der Waals surface area (Å²) in [7, 11) is 0. The van der Waals surface area contributed by atoms with Gasteiger partial charge in [0.25, 0.3) is 5.91 Å². The Labute approximate surface area is 170 Å². The maximum Gasteiger partial charge on any atom is 0.270 e. The first-order valence-electron chi connectivity index (χ1n) is 9.55. The molecule has 6 heteroatoms. The molecule has 29 heavy (non-hydrogen) atoms. The number of hydrogen-bond acceptors (Lipinski definition) is 4. The Hall–Kier alpha value is -3.28. The number of aromatic nitrogens is 2. The zero-order chi connectivity index (χ0) is 20.9. The molecule has 1 amide bonds. The third kappa shape index (κ3) is 6.10. The number of nitrogens with zero attached hydrogens (tertiary/aromatic N) is 2. The van der Waals surface area contributed by atoms with Crippen LogP contribution in [0.15, 0.2) is 60.7 Å². The van der Waals surface area contributed by atoms with Crippen LogP contribution in [0.1, 0.15) is 36.8 Å². The van der Waals surface area contributed by atoms with E-state index in [9.17, 15) is 9.18 Å². The zero-order valence-electron chi connectivity index (χ0n) is 16.9. The molecule has 2 aromatic carbocycles. The van der Waals surface area contributed by atoms with Crippen LogP contribution >= 0.6 is 0 Å². The van der Waals surface area contributed by atoms with Gasteiger partial charge in [0.15, 0.2) is 5.82 Å². The van der Waals surface area contributed by atoms with E-state index in [1.165, 1.54) is 12.1 Å². The van der Waals surface area contributed by atoms with Gasteiger partial charge in [0.1, 0.15) is 17.3 Å². The number of amides is 1. The third-order valence-corrected chi connectivity index (χ3v) is 4.11. The van der Waals surface area contributed by atoms with Crippen LogP contribution in [-0.2, 0) is 6.42 Å². The predicted octanol–water partition coefficient (Wildman–Crippen LogP) is 4.47. The van der Waals surface area contributed by atoms with Crippen LogP contribution in [0.5, 0.6) is 0 Å². The van der Waals surface area contributed by atoms with Gasteiger partial charge in [-0.1, -0.05) is 42.5 Å². The van der Waals surface area contributed by atoms with E-state index in [0.29, 0.717) is 30.3 Å². The van der Waals surface area contributed by atoms with Gasteiger partial charge < -0.3 is 10.6 Å². The molecule has 0 saturated carbocycles. The molecule has 1 aromatic heterocycles. The molecule has 2 N–H and O–H groups in total. The monoisotopic (exact) mass is 392 g/mol. The molecule has 0 saturated heterocycles. The largest absolute Gasteiger partial charge is 0.370 e. The molecule has 0 spiro atoms. The smallest absolute Gasteiger partial charge is 0.270 e. The van der Waals surface area contributed by atoms with E-state index in [-0.39, 0.29) is 17.3 Å². The minimum Gasteiger partial charge on any atom is -0.370 e. The van der Waals surface area contributed by atoms with Crippen LogP contribution in [0, 0.1) is 5.82 Å². The van der Waals surface area contributed by atoms with E-state index < -0.39 is 0 Å². The summed E-state index contributed by atoms with van der Waals surface area (Å²) in [6, 6.07) is 17.6. The molecule has 0 aliphatic carbocycles. The lowest BCUT2D eigenvalue weighted by Gasteiger charge is -2.20. The standard InChI is InChI=1S/C23H25FN4O/c1-23(2,3)28-22(29)19-15-20(25-14-13-16-9-11-18(24)12-10-16)27-21(26-19)17-7-5-4-6-8-17/h4-12,15H,13-14H2,1-3H3,(H,28,29)(H,25,26,27). The number of anilines is 1. The third-order valence-electron chi connectivity index (χ3n) is 4.11. The van der Waals surface area contributed by atoms with Gasteiger partial charge in [-0.15, -0.1) is 0 Å². The molecular formula is C23H25FN4O. The highest BCUT2D eigenvalue weighted by atomic mass is 19.1. The Morgan fingerprint density at radius 1 is 1.00 bits per heavy atom. The lowest BCUT2D eigenvalue weighted by molar-refractivity contribution is 0.0914. The molecule has 1 heterocycles. The van der Waals surface area contributed by atoms with Crippen molar-refractivity contribution in [3.63, 3.8) is 0 Å². The van der Waals surface area contributed by atoms with Gasteiger partial charge in [-0.05, 0) is 44.9 Å². The highest BCUT2D eigenvalue weighted by Crippen LogP contribution is 2.18. The summed E-state index contributed by atoms with van der Waals surface area (Å²) in [5.41, 5.74) is 1.78. The first kappa shape index (κ1) is 20.5. The molecular weight excluding hydrogens is 367 g/mol. The molecule has 5 nitrogen and oxygen atoms in total. The minimum absolute atomic E-state index is 0.250. The van der Waals surface area contributed by atoms with Gasteiger partial charge in [-0.2, -0.15) is 0 Å². The highest BCUT2D eigenvalue weighted by molar-refractivity contribution is 5.93. The summed E-state index contributed by atoms with van der Waals surface area (Å²) < 4.78 is 13.0. The quantitative estimate of drug-likeness (QED) is 0.650. The maximum absolute atomic E-state index is 13.0. The van der Waals surface area contributed by atoms with Crippen LogP contribution in [-0.4, -0.2) is 28.0 Å². The fraction of sp³-hybridized carbons (Fsp3) is 0.261. The van der Waals surface area contributed by atoms with Gasteiger partial charge in [0.05, 0.1) is 0 Å². The average Bonchev–Trinajstić information content (AvgIpc) is 2.69. The number of hydrogen-bond donors (Lipinski definition) is 2. The number of benzene rings is 2. The number of rotatable bonds is 6. The summed E-state index contributed by atoms with van der Waals surface area (Å²) in [6.45, 7) is 6.36. The molecule has 3 aromatic rings. The predicted molar refractivity (Wildman–Crippen MR) is 113 cm³/mol. The molecule has 0 aliphatic rings. The molecule has 0 bridgehead atoms. The lowest BCUT2D eigenvalue weighted by Crippen LogP contribution is -2.41. The van der Waals surface area contributed by atoms with Crippen molar-refractivity contribution in [3.05, 3.63) is 77.7 Å². The zero-order valence-corrected chi connectivity index (χ0v) is 16.9. The van der Waals surface area contributed by atoms with Crippen molar-refractivity contribution >= 4 is 11.7 Å². The Kier molecular flexibility index (Phi) is 6.22. The van der Waals surface area contributed by atoms with Crippen molar-refractivity contribution in [2.75, 3.05) is 11.9 Å². The van der Waals surface area contributed by atoms with E-state index in [4.69, 9.17) is 0 Å². The van der Waals surface area contributed by atoms with Gasteiger partial charge in [-0.25, -0.2) is 14.4 Å². The van der Waals surface area contributed by atoms with Gasteiger partial charge in [0.2, 0.25) is 0 Å². The fourth-order valence-corrected chi connectivity index (χ4v) is 2.76. The van der Waals surface area contributed by atoms with Crippen molar-refractivity contribution in [2.45, 2.75) is 32.7 Å². The van der Waals surface area contributed by atoms with Gasteiger partial charge >= 0.3 is 0 Å². The summed E-state index contributed by atoms with van der Waals surface area (Å²) >= 11 is 0. The van der Waals surface area contributed by atoms with Gasteiger partial charge in [-0.3, -0.25) is 4.79 Å². The molecule has 0 unspecified atom stereocenters. The molecule has 150 valence electrons. The van der Waals surface area contributed by atoms with Crippen molar-refractivity contribution in [1.29, 1.82) is 0 Å². The Bertz CT molecular complexity index is 966. The van der Waals surface area contributed by atoms with Crippen molar-refractivity contribution in [3.8, 4) is 11.4 Å². The first-order valence-corrected chi connectivity index (χ1v) is 9.55. The number of halogens is 1. The van der Waals surface area contributed by atoms with Gasteiger partial charge in [0, 0.05) is 23.7 Å². The second kappa shape index (κ2) is 8.82. The minimum atomic E-state index is -0.370.